The van der Waals surface area contributed by atoms with Crippen LogP contribution in [0.1, 0.15) is 29.7 Å². The summed E-state index contributed by atoms with van der Waals surface area (Å²) in [5.74, 6) is -0.652. The maximum absolute atomic E-state index is 13.6. The van der Waals surface area contributed by atoms with Crippen molar-refractivity contribution >= 4 is 17.9 Å². The van der Waals surface area contributed by atoms with E-state index in [0.717, 1.165) is 25.9 Å². The van der Waals surface area contributed by atoms with E-state index in [0.29, 0.717) is 27.8 Å². The number of aromatic nitrogens is 1. The zero-order valence-electron chi connectivity index (χ0n) is 19.7. The molecule has 8 heteroatoms. The van der Waals surface area contributed by atoms with Crippen LogP contribution in [0.5, 0.6) is 0 Å². The highest BCUT2D eigenvalue weighted by Gasteiger charge is 2.51. The molecule has 35 heavy (non-hydrogen) atoms. The molecule has 182 valence electrons. The number of oxazole rings is 1. The van der Waals surface area contributed by atoms with E-state index >= 15 is 0 Å². The monoisotopic (exact) mass is 476 g/mol. The molecule has 2 aromatic carbocycles. The first kappa shape index (κ1) is 23.3. The number of fused-ring (bicyclic) bond motifs is 3. The minimum Gasteiger partial charge on any atom is -0.453 e. The average molecular weight is 477 g/mol. The number of nitrogens with zero attached hydrogens (tertiary/aromatic N) is 2. The summed E-state index contributed by atoms with van der Waals surface area (Å²) in [7, 11) is 0. The average Bonchev–Trinajstić information content (AvgIpc) is 3.29. The summed E-state index contributed by atoms with van der Waals surface area (Å²) in [6.45, 7) is 4.27. The molecule has 3 fully saturated rings. The molecule has 3 aromatic rings. The Bertz CT molecular complexity index is 1150. The summed E-state index contributed by atoms with van der Waals surface area (Å²) in [6.07, 6.45) is 2.84. The van der Waals surface area contributed by atoms with E-state index < -0.39 is 11.6 Å². The molecule has 3 aliphatic rings. The van der Waals surface area contributed by atoms with Gasteiger partial charge in [0.1, 0.15) is 12.8 Å². The number of rotatable bonds is 7. The van der Waals surface area contributed by atoms with Gasteiger partial charge in [-0.15, -0.1) is 0 Å². The van der Waals surface area contributed by atoms with Crippen molar-refractivity contribution in [2.75, 3.05) is 31.5 Å². The van der Waals surface area contributed by atoms with Gasteiger partial charge in [-0.3, -0.25) is 10.1 Å². The molecule has 1 aromatic heterocycles. The smallest absolute Gasteiger partial charge is 0.348 e. The summed E-state index contributed by atoms with van der Waals surface area (Å²) in [4.78, 5) is 30.5. The molecule has 3 saturated heterocycles. The number of carbonyl (C=O) groups is 2. The highest BCUT2D eigenvalue weighted by molar-refractivity contribution is 5.89. The zero-order valence-corrected chi connectivity index (χ0v) is 19.7. The van der Waals surface area contributed by atoms with Gasteiger partial charge >= 0.3 is 12.0 Å². The SMILES string of the molecule is Cc1coc(NC(=O)C[N+]23CCC(CC2)[C@@H](OC(=O)C(O)(c2ccccc2)c2ccccc2)C3)n1. The molecule has 0 spiro atoms. The lowest BCUT2D eigenvalue weighted by Crippen LogP contribution is -2.66. The van der Waals surface area contributed by atoms with Crippen LogP contribution in [0, 0.1) is 12.8 Å². The van der Waals surface area contributed by atoms with Gasteiger partial charge in [-0.1, -0.05) is 60.7 Å². The number of nitrogens with one attached hydrogen (secondary N) is 1. The van der Waals surface area contributed by atoms with Crippen LogP contribution in [-0.4, -0.2) is 58.7 Å². The van der Waals surface area contributed by atoms with Crippen LogP contribution in [0.4, 0.5) is 6.01 Å². The number of carbonyl (C=O) groups excluding carboxylic acids is 2. The van der Waals surface area contributed by atoms with E-state index in [1.807, 2.05) is 12.1 Å². The largest absolute Gasteiger partial charge is 0.453 e. The van der Waals surface area contributed by atoms with Gasteiger partial charge in [-0.2, -0.15) is 4.98 Å². The van der Waals surface area contributed by atoms with Crippen molar-refractivity contribution in [1.82, 2.24) is 4.98 Å². The first-order valence-electron chi connectivity index (χ1n) is 12.0. The Morgan fingerprint density at radius 1 is 1.09 bits per heavy atom. The van der Waals surface area contributed by atoms with Crippen LogP contribution in [0.2, 0.25) is 0 Å². The minimum atomic E-state index is -1.92. The second kappa shape index (κ2) is 9.28. The van der Waals surface area contributed by atoms with Crippen LogP contribution < -0.4 is 5.32 Å². The number of anilines is 1. The number of ether oxygens (including phenoxy) is 1. The maximum Gasteiger partial charge on any atom is 0.348 e. The number of amides is 1. The third kappa shape index (κ3) is 4.59. The van der Waals surface area contributed by atoms with Gasteiger partial charge in [0.15, 0.2) is 12.6 Å². The fraction of sp³-hybridized carbons (Fsp3) is 0.370. The maximum atomic E-state index is 13.6. The van der Waals surface area contributed by atoms with Crippen molar-refractivity contribution < 1.29 is 28.3 Å². The molecular formula is C27H30N3O5+. The van der Waals surface area contributed by atoms with Crippen LogP contribution in [0.3, 0.4) is 0 Å². The fourth-order valence-electron chi connectivity index (χ4n) is 5.44. The molecule has 0 aliphatic carbocycles. The number of quaternary nitrogens is 1. The van der Waals surface area contributed by atoms with Gasteiger partial charge in [-0.05, 0) is 18.1 Å². The molecular weight excluding hydrogens is 446 g/mol. The first-order chi connectivity index (χ1) is 16.9. The van der Waals surface area contributed by atoms with E-state index in [9.17, 15) is 14.7 Å². The predicted molar refractivity (Wildman–Crippen MR) is 128 cm³/mol. The Kier molecular flexibility index (Phi) is 6.17. The van der Waals surface area contributed by atoms with E-state index in [-0.39, 0.29) is 30.5 Å². The summed E-state index contributed by atoms with van der Waals surface area (Å²) >= 11 is 0. The lowest BCUT2D eigenvalue weighted by atomic mass is 9.82. The van der Waals surface area contributed by atoms with Gasteiger partial charge in [0.2, 0.25) is 5.60 Å². The quantitative estimate of drug-likeness (QED) is 0.402. The molecule has 4 heterocycles. The second-order valence-electron chi connectivity index (χ2n) is 9.70. The van der Waals surface area contributed by atoms with Gasteiger partial charge in [0.25, 0.3) is 5.91 Å². The summed E-state index contributed by atoms with van der Waals surface area (Å²) < 4.78 is 11.8. The highest BCUT2D eigenvalue weighted by Crippen LogP contribution is 2.38. The van der Waals surface area contributed by atoms with Crippen molar-refractivity contribution in [2.24, 2.45) is 5.92 Å². The van der Waals surface area contributed by atoms with E-state index in [4.69, 9.17) is 9.15 Å². The van der Waals surface area contributed by atoms with Crippen molar-refractivity contribution in [2.45, 2.75) is 31.5 Å². The standard InChI is InChI=1S/C27H29N3O5/c1-19-18-34-26(28-19)29-24(31)17-30-14-12-20(13-15-30)23(16-30)35-25(32)27(33,21-8-4-2-5-9-21)22-10-6-3-7-11-22/h2-11,18,20,23,33H,12-17H2,1H3/p+1/t20?,23-,30?/m0/s1. The third-order valence-electron chi connectivity index (χ3n) is 7.32. The molecule has 2 N–H and O–H groups in total. The van der Waals surface area contributed by atoms with E-state index in [1.54, 1.807) is 55.5 Å². The summed E-state index contributed by atoms with van der Waals surface area (Å²) in [5.41, 5.74) is -0.300. The topological polar surface area (TPSA) is 102 Å². The summed E-state index contributed by atoms with van der Waals surface area (Å²) in [5, 5.41) is 14.5. The molecule has 0 radical (unpaired) electrons. The Labute approximate surface area is 204 Å². The zero-order chi connectivity index (χ0) is 24.5. The molecule has 2 bridgehead atoms. The van der Waals surface area contributed by atoms with Crippen molar-refractivity contribution in [3.63, 3.8) is 0 Å². The number of benzene rings is 2. The number of piperidine rings is 3. The first-order valence-corrected chi connectivity index (χ1v) is 12.0. The Morgan fingerprint density at radius 2 is 1.69 bits per heavy atom. The van der Waals surface area contributed by atoms with Crippen molar-refractivity contribution in [3.8, 4) is 0 Å². The highest BCUT2D eigenvalue weighted by atomic mass is 16.6. The lowest BCUT2D eigenvalue weighted by molar-refractivity contribution is -0.939. The van der Waals surface area contributed by atoms with Crippen LogP contribution in [0.25, 0.3) is 0 Å². The number of hydrogen-bond donors (Lipinski definition) is 2. The van der Waals surface area contributed by atoms with Gasteiger partial charge in [-0.25, -0.2) is 4.79 Å². The third-order valence-corrected chi connectivity index (χ3v) is 7.32. The number of aryl methyl sites for hydroxylation is 1. The lowest BCUT2D eigenvalue weighted by Gasteiger charge is -2.51. The minimum absolute atomic E-state index is 0.178. The van der Waals surface area contributed by atoms with Gasteiger partial charge in [0.05, 0.1) is 18.8 Å². The summed E-state index contributed by atoms with van der Waals surface area (Å²) in [6, 6.07) is 18.0. The molecule has 3 aliphatic heterocycles. The Balaban J connectivity index is 1.33. The van der Waals surface area contributed by atoms with Crippen molar-refractivity contribution in [1.29, 1.82) is 0 Å². The van der Waals surface area contributed by atoms with E-state index in [1.165, 1.54) is 6.26 Å². The second-order valence-corrected chi connectivity index (χ2v) is 9.70. The molecule has 1 atom stereocenters. The molecule has 0 saturated carbocycles. The van der Waals surface area contributed by atoms with Gasteiger partial charge < -0.3 is 18.7 Å². The molecule has 8 nitrogen and oxygen atoms in total. The van der Waals surface area contributed by atoms with Gasteiger partial charge in [0, 0.05) is 18.8 Å². The normalized spacial score (nSPS) is 23.6. The number of aliphatic hydroxyl groups is 1. The number of hydrogen-bond acceptors (Lipinski definition) is 6. The molecule has 0 unspecified atom stereocenters. The number of esters is 1. The molecule has 1 amide bonds. The molecule has 6 rings (SSSR count). The predicted octanol–water partition coefficient (Wildman–Crippen LogP) is 3.01. The van der Waals surface area contributed by atoms with Crippen molar-refractivity contribution in [3.05, 3.63) is 83.7 Å². The fourth-order valence-corrected chi connectivity index (χ4v) is 5.44. The van der Waals surface area contributed by atoms with E-state index in [2.05, 4.69) is 10.3 Å². The Morgan fingerprint density at radius 3 is 2.23 bits per heavy atom. The Hall–Kier alpha value is -3.49. The van der Waals surface area contributed by atoms with Crippen LogP contribution >= 0.6 is 0 Å². The van der Waals surface area contributed by atoms with Crippen LogP contribution in [-0.2, 0) is 19.9 Å². The van der Waals surface area contributed by atoms with Crippen LogP contribution in [0.15, 0.2) is 71.3 Å².